The molecule has 0 bridgehead atoms. The van der Waals surface area contributed by atoms with Crippen molar-refractivity contribution in [3.05, 3.63) is 34.1 Å². The summed E-state index contributed by atoms with van der Waals surface area (Å²) >= 11 is 3.27. The molecule has 4 heteroatoms. The second-order valence-corrected chi connectivity index (χ2v) is 5.37. The van der Waals surface area contributed by atoms with Gasteiger partial charge in [-0.2, -0.15) is 0 Å². The van der Waals surface area contributed by atoms with E-state index in [0.717, 1.165) is 29.5 Å². The van der Waals surface area contributed by atoms with E-state index in [-0.39, 0.29) is 5.82 Å². The standard InChI is InChI=1S/C13H17BrFNO/c1-16-13-4-5-17-8-10(13)6-9-2-3-11(14)7-12(9)15/h2-3,7,10,13,16H,4-6,8H2,1H3. The highest BCUT2D eigenvalue weighted by molar-refractivity contribution is 9.10. The van der Waals surface area contributed by atoms with Crippen LogP contribution in [0.5, 0.6) is 0 Å². The molecule has 1 fully saturated rings. The molecule has 2 unspecified atom stereocenters. The third kappa shape index (κ3) is 3.27. The molecule has 0 radical (unpaired) electrons. The van der Waals surface area contributed by atoms with Gasteiger partial charge in [-0.15, -0.1) is 0 Å². The summed E-state index contributed by atoms with van der Waals surface area (Å²) in [4.78, 5) is 0. The van der Waals surface area contributed by atoms with Gasteiger partial charge in [-0.3, -0.25) is 0 Å². The molecule has 1 aromatic carbocycles. The maximum absolute atomic E-state index is 13.7. The number of hydrogen-bond donors (Lipinski definition) is 1. The number of benzene rings is 1. The van der Waals surface area contributed by atoms with Crippen LogP contribution in [0.15, 0.2) is 22.7 Å². The highest BCUT2D eigenvalue weighted by Crippen LogP contribution is 2.23. The van der Waals surface area contributed by atoms with Crippen molar-refractivity contribution in [3.8, 4) is 0 Å². The molecule has 1 N–H and O–H groups in total. The van der Waals surface area contributed by atoms with Crippen LogP contribution in [0.25, 0.3) is 0 Å². The second-order valence-electron chi connectivity index (χ2n) is 4.46. The van der Waals surface area contributed by atoms with Crippen molar-refractivity contribution in [1.82, 2.24) is 5.32 Å². The molecule has 1 aliphatic rings. The molecular formula is C13H17BrFNO. The van der Waals surface area contributed by atoms with Crippen molar-refractivity contribution < 1.29 is 9.13 Å². The largest absolute Gasteiger partial charge is 0.381 e. The van der Waals surface area contributed by atoms with Crippen molar-refractivity contribution in [2.24, 2.45) is 5.92 Å². The molecule has 0 spiro atoms. The molecule has 2 rings (SSSR count). The molecule has 0 saturated carbocycles. The van der Waals surface area contributed by atoms with Gasteiger partial charge in [0.2, 0.25) is 0 Å². The van der Waals surface area contributed by atoms with Crippen LogP contribution in [0, 0.1) is 11.7 Å². The molecule has 0 amide bonds. The minimum atomic E-state index is -0.139. The van der Waals surface area contributed by atoms with Gasteiger partial charge < -0.3 is 10.1 Å². The summed E-state index contributed by atoms with van der Waals surface area (Å²) in [5.41, 5.74) is 0.768. The van der Waals surface area contributed by atoms with Crippen LogP contribution < -0.4 is 5.32 Å². The van der Waals surface area contributed by atoms with E-state index in [1.54, 1.807) is 0 Å². The van der Waals surface area contributed by atoms with Crippen LogP contribution in [-0.4, -0.2) is 26.3 Å². The van der Waals surface area contributed by atoms with Crippen molar-refractivity contribution in [3.63, 3.8) is 0 Å². The Labute approximate surface area is 110 Å². The van der Waals surface area contributed by atoms with Gasteiger partial charge in [0, 0.05) is 23.0 Å². The second kappa shape index (κ2) is 5.94. The van der Waals surface area contributed by atoms with Gasteiger partial charge in [-0.05, 0) is 37.6 Å². The normalized spacial score (nSPS) is 24.9. The fourth-order valence-corrected chi connectivity index (χ4v) is 2.68. The highest BCUT2D eigenvalue weighted by Gasteiger charge is 2.25. The van der Waals surface area contributed by atoms with Crippen LogP contribution >= 0.6 is 15.9 Å². The van der Waals surface area contributed by atoms with Crippen LogP contribution in [0.3, 0.4) is 0 Å². The van der Waals surface area contributed by atoms with Crippen LogP contribution in [0.4, 0.5) is 4.39 Å². The molecule has 1 aromatic rings. The van der Waals surface area contributed by atoms with Crippen molar-refractivity contribution in [1.29, 1.82) is 0 Å². The van der Waals surface area contributed by atoms with Gasteiger partial charge >= 0.3 is 0 Å². The first-order chi connectivity index (χ1) is 8.20. The van der Waals surface area contributed by atoms with E-state index in [1.807, 2.05) is 19.2 Å². The quantitative estimate of drug-likeness (QED) is 0.927. The van der Waals surface area contributed by atoms with Gasteiger partial charge in [0.15, 0.2) is 0 Å². The average molecular weight is 302 g/mol. The molecular weight excluding hydrogens is 285 g/mol. The molecule has 1 aliphatic heterocycles. The molecule has 0 aromatic heterocycles. The summed E-state index contributed by atoms with van der Waals surface area (Å²) < 4.78 is 20.0. The maximum atomic E-state index is 13.7. The number of nitrogens with one attached hydrogen (secondary N) is 1. The molecule has 1 saturated heterocycles. The monoisotopic (exact) mass is 301 g/mol. The Morgan fingerprint density at radius 2 is 2.35 bits per heavy atom. The lowest BCUT2D eigenvalue weighted by Gasteiger charge is -2.31. The lowest BCUT2D eigenvalue weighted by atomic mass is 9.89. The molecule has 1 heterocycles. The summed E-state index contributed by atoms with van der Waals surface area (Å²) in [5, 5.41) is 3.29. The minimum absolute atomic E-state index is 0.139. The van der Waals surface area contributed by atoms with Crippen LogP contribution in [0.2, 0.25) is 0 Å². The number of ether oxygens (including phenoxy) is 1. The fraction of sp³-hybridized carbons (Fsp3) is 0.538. The van der Waals surface area contributed by atoms with Crippen molar-refractivity contribution in [2.45, 2.75) is 18.9 Å². The van der Waals surface area contributed by atoms with Crippen molar-refractivity contribution in [2.75, 3.05) is 20.3 Å². The average Bonchev–Trinajstić information content (AvgIpc) is 2.33. The van der Waals surface area contributed by atoms with Gasteiger partial charge in [0.05, 0.1) is 6.61 Å². The maximum Gasteiger partial charge on any atom is 0.127 e. The van der Waals surface area contributed by atoms with E-state index in [1.165, 1.54) is 6.07 Å². The van der Waals surface area contributed by atoms with E-state index in [0.29, 0.717) is 18.6 Å². The predicted octanol–water partition coefficient (Wildman–Crippen LogP) is 2.76. The van der Waals surface area contributed by atoms with E-state index in [9.17, 15) is 4.39 Å². The Morgan fingerprint density at radius 1 is 1.53 bits per heavy atom. The SMILES string of the molecule is CNC1CCOCC1Cc1ccc(Br)cc1F. The lowest BCUT2D eigenvalue weighted by molar-refractivity contribution is 0.0339. The Bertz CT molecular complexity index is 386. The zero-order valence-electron chi connectivity index (χ0n) is 9.88. The lowest BCUT2D eigenvalue weighted by Crippen LogP contribution is -2.42. The Kier molecular flexibility index (Phi) is 4.54. The zero-order valence-corrected chi connectivity index (χ0v) is 11.5. The summed E-state index contributed by atoms with van der Waals surface area (Å²) in [6.07, 6.45) is 1.73. The van der Waals surface area contributed by atoms with Crippen LogP contribution in [-0.2, 0) is 11.2 Å². The molecule has 0 aliphatic carbocycles. The number of rotatable bonds is 3. The Balaban J connectivity index is 2.08. The van der Waals surface area contributed by atoms with Gasteiger partial charge in [0.1, 0.15) is 5.82 Å². The van der Waals surface area contributed by atoms with E-state index < -0.39 is 0 Å². The van der Waals surface area contributed by atoms with Gasteiger partial charge in [0.25, 0.3) is 0 Å². The van der Waals surface area contributed by atoms with E-state index in [2.05, 4.69) is 21.2 Å². The summed E-state index contributed by atoms with van der Waals surface area (Å²) in [6.45, 7) is 1.51. The van der Waals surface area contributed by atoms with Crippen molar-refractivity contribution >= 4 is 15.9 Å². The Hall–Kier alpha value is -0.450. The molecule has 2 nitrogen and oxygen atoms in total. The minimum Gasteiger partial charge on any atom is -0.381 e. The van der Waals surface area contributed by atoms with Gasteiger partial charge in [-0.25, -0.2) is 4.39 Å². The van der Waals surface area contributed by atoms with E-state index >= 15 is 0 Å². The first kappa shape index (κ1) is 13.0. The number of halogens is 2. The first-order valence-corrected chi connectivity index (χ1v) is 6.69. The number of hydrogen-bond acceptors (Lipinski definition) is 2. The topological polar surface area (TPSA) is 21.3 Å². The molecule has 94 valence electrons. The fourth-order valence-electron chi connectivity index (χ4n) is 2.35. The van der Waals surface area contributed by atoms with E-state index in [4.69, 9.17) is 4.74 Å². The zero-order chi connectivity index (χ0) is 12.3. The van der Waals surface area contributed by atoms with Gasteiger partial charge in [-0.1, -0.05) is 22.0 Å². The summed E-state index contributed by atoms with van der Waals surface area (Å²) in [7, 11) is 1.96. The Morgan fingerprint density at radius 3 is 3.06 bits per heavy atom. The third-order valence-corrected chi connectivity index (χ3v) is 3.84. The predicted molar refractivity (Wildman–Crippen MR) is 69.6 cm³/mol. The highest BCUT2D eigenvalue weighted by atomic mass is 79.9. The summed E-state index contributed by atoms with van der Waals surface area (Å²) in [6, 6.07) is 5.68. The molecule has 2 atom stereocenters. The smallest absolute Gasteiger partial charge is 0.127 e. The molecule has 17 heavy (non-hydrogen) atoms. The van der Waals surface area contributed by atoms with Crippen LogP contribution in [0.1, 0.15) is 12.0 Å². The summed E-state index contributed by atoms with van der Waals surface area (Å²) in [5.74, 6) is 0.212. The first-order valence-electron chi connectivity index (χ1n) is 5.89. The third-order valence-electron chi connectivity index (χ3n) is 3.34.